The second-order valence-corrected chi connectivity index (χ2v) is 10.0. The number of benzene rings is 3. The number of anilines is 1. The number of fused-ring (bicyclic) bond motifs is 1. The van der Waals surface area contributed by atoms with Crippen LogP contribution < -0.4 is 5.32 Å². The fourth-order valence-electron chi connectivity index (χ4n) is 4.29. The van der Waals surface area contributed by atoms with E-state index in [1.165, 1.54) is 4.31 Å². The van der Waals surface area contributed by atoms with E-state index in [9.17, 15) is 13.2 Å². The molecular formula is C25H25N3O4S. The molecule has 2 aliphatic rings. The number of carbonyl (C=O) groups excluding carboxylic acids is 1. The molecule has 0 radical (unpaired) electrons. The number of carbonyl (C=O) groups is 1. The van der Waals surface area contributed by atoms with Gasteiger partial charge in [0.2, 0.25) is 10.0 Å². The lowest BCUT2D eigenvalue weighted by molar-refractivity contribution is 0.0728. The topological polar surface area (TPSA) is 79.0 Å². The maximum atomic E-state index is 13.2. The van der Waals surface area contributed by atoms with Crippen LogP contribution in [0.25, 0.3) is 0 Å². The van der Waals surface area contributed by atoms with Crippen LogP contribution in [-0.2, 0) is 21.3 Å². The van der Waals surface area contributed by atoms with Crippen molar-refractivity contribution in [3.63, 3.8) is 0 Å². The molecule has 0 spiro atoms. The zero-order valence-electron chi connectivity index (χ0n) is 18.1. The number of nitrogens with zero attached hydrogens (tertiary/aromatic N) is 2. The summed E-state index contributed by atoms with van der Waals surface area (Å²) in [6, 6.07) is 24.2. The minimum absolute atomic E-state index is 0.0292. The van der Waals surface area contributed by atoms with Gasteiger partial charge in [-0.25, -0.2) is 8.42 Å². The lowest BCUT2D eigenvalue weighted by atomic mass is 10.1. The van der Waals surface area contributed by atoms with Crippen molar-refractivity contribution in [2.45, 2.75) is 17.6 Å². The van der Waals surface area contributed by atoms with Crippen molar-refractivity contribution >= 4 is 21.6 Å². The Labute approximate surface area is 193 Å². The number of sulfonamides is 1. The minimum atomic E-state index is -3.55. The van der Waals surface area contributed by atoms with Gasteiger partial charge in [0.15, 0.2) is 0 Å². The summed E-state index contributed by atoms with van der Waals surface area (Å²) in [5, 5.41) is 3.43. The second-order valence-electron chi connectivity index (χ2n) is 8.09. The SMILES string of the molecule is O=C1c2ccccc2C(Nc2ccc(S(=O)(=O)N3CCOCC3)cc2)N1Cc1ccccc1. The summed E-state index contributed by atoms with van der Waals surface area (Å²) in [4.78, 5) is 15.2. The fourth-order valence-corrected chi connectivity index (χ4v) is 5.69. The van der Waals surface area contributed by atoms with Gasteiger partial charge < -0.3 is 15.0 Å². The van der Waals surface area contributed by atoms with E-state index < -0.39 is 10.0 Å². The average molecular weight is 464 g/mol. The van der Waals surface area contributed by atoms with Crippen LogP contribution in [0, 0.1) is 0 Å². The summed E-state index contributed by atoms with van der Waals surface area (Å²) < 4.78 is 32.5. The average Bonchev–Trinajstić information content (AvgIpc) is 3.12. The van der Waals surface area contributed by atoms with Crippen molar-refractivity contribution in [3.05, 3.63) is 95.6 Å². The maximum Gasteiger partial charge on any atom is 0.256 e. The smallest absolute Gasteiger partial charge is 0.256 e. The molecule has 170 valence electrons. The molecule has 5 rings (SSSR count). The van der Waals surface area contributed by atoms with Gasteiger partial charge >= 0.3 is 0 Å². The Morgan fingerprint density at radius 1 is 0.879 bits per heavy atom. The van der Waals surface area contributed by atoms with E-state index in [-0.39, 0.29) is 17.0 Å². The molecular weight excluding hydrogens is 438 g/mol. The Hall–Kier alpha value is -3.20. The second kappa shape index (κ2) is 8.97. The molecule has 1 atom stereocenters. The molecule has 0 aliphatic carbocycles. The highest BCUT2D eigenvalue weighted by Gasteiger charge is 2.36. The van der Waals surface area contributed by atoms with Gasteiger partial charge in [0.05, 0.1) is 18.1 Å². The quantitative estimate of drug-likeness (QED) is 0.606. The predicted octanol–water partition coefficient (Wildman–Crippen LogP) is 3.47. The van der Waals surface area contributed by atoms with Gasteiger partial charge in [-0.3, -0.25) is 4.79 Å². The monoisotopic (exact) mass is 463 g/mol. The molecule has 3 aromatic carbocycles. The third-order valence-corrected chi connectivity index (χ3v) is 7.93. The van der Waals surface area contributed by atoms with Crippen LogP contribution in [0.15, 0.2) is 83.8 Å². The van der Waals surface area contributed by atoms with Crippen molar-refractivity contribution in [2.75, 3.05) is 31.6 Å². The fraction of sp³-hybridized carbons (Fsp3) is 0.240. The van der Waals surface area contributed by atoms with Crippen molar-refractivity contribution in [1.82, 2.24) is 9.21 Å². The first-order chi connectivity index (χ1) is 16.0. The number of nitrogens with one attached hydrogen (secondary N) is 1. The largest absolute Gasteiger partial charge is 0.379 e. The molecule has 3 aromatic rings. The third kappa shape index (κ3) is 4.25. The van der Waals surface area contributed by atoms with Crippen LogP contribution in [0.4, 0.5) is 5.69 Å². The number of hydrogen-bond donors (Lipinski definition) is 1. The lowest BCUT2D eigenvalue weighted by Gasteiger charge is -2.28. The van der Waals surface area contributed by atoms with Crippen LogP contribution >= 0.6 is 0 Å². The Morgan fingerprint density at radius 3 is 2.27 bits per heavy atom. The number of morpholine rings is 1. The summed E-state index contributed by atoms with van der Waals surface area (Å²) in [6.07, 6.45) is -0.351. The zero-order chi connectivity index (χ0) is 22.8. The molecule has 1 unspecified atom stereocenters. The van der Waals surface area contributed by atoms with Crippen LogP contribution in [0.2, 0.25) is 0 Å². The standard InChI is InChI=1S/C25H25N3O4S/c29-25-23-9-5-4-8-22(23)24(28(25)18-19-6-2-1-3-7-19)26-20-10-12-21(13-11-20)33(30,31)27-14-16-32-17-15-27/h1-13,24,26H,14-18H2. The summed E-state index contributed by atoms with van der Waals surface area (Å²) in [6.45, 7) is 2.00. The molecule has 0 saturated carbocycles. The lowest BCUT2D eigenvalue weighted by Crippen LogP contribution is -2.40. The van der Waals surface area contributed by atoms with Gasteiger partial charge in [0, 0.05) is 36.4 Å². The summed E-state index contributed by atoms with van der Waals surface area (Å²) in [5.41, 5.74) is 3.36. The van der Waals surface area contributed by atoms with E-state index in [2.05, 4.69) is 5.32 Å². The highest BCUT2D eigenvalue weighted by atomic mass is 32.2. The molecule has 0 aromatic heterocycles. The summed E-state index contributed by atoms with van der Waals surface area (Å²) in [5.74, 6) is -0.0292. The molecule has 33 heavy (non-hydrogen) atoms. The van der Waals surface area contributed by atoms with Crippen LogP contribution in [0.1, 0.15) is 27.7 Å². The molecule has 2 heterocycles. The highest BCUT2D eigenvalue weighted by Crippen LogP contribution is 2.35. The van der Waals surface area contributed by atoms with E-state index >= 15 is 0 Å². The Balaban J connectivity index is 1.40. The van der Waals surface area contributed by atoms with Crippen LogP contribution in [-0.4, -0.2) is 49.8 Å². The molecule has 2 aliphatic heterocycles. The van der Waals surface area contributed by atoms with Crippen LogP contribution in [0.3, 0.4) is 0 Å². The normalized spacial score (nSPS) is 18.8. The van der Waals surface area contributed by atoms with Crippen LogP contribution in [0.5, 0.6) is 0 Å². The maximum absolute atomic E-state index is 13.2. The Kier molecular flexibility index (Phi) is 5.88. The first-order valence-corrected chi connectivity index (χ1v) is 12.4. The molecule has 8 heteroatoms. The Bertz CT molecular complexity index is 1240. The predicted molar refractivity (Wildman–Crippen MR) is 125 cm³/mol. The minimum Gasteiger partial charge on any atom is -0.379 e. The molecule has 1 amide bonds. The van der Waals surface area contributed by atoms with E-state index in [0.29, 0.717) is 38.4 Å². The van der Waals surface area contributed by atoms with Gasteiger partial charge in [-0.05, 0) is 35.9 Å². The Morgan fingerprint density at radius 2 is 1.55 bits per heavy atom. The molecule has 1 fully saturated rings. The van der Waals surface area contributed by atoms with Gasteiger partial charge in [-0.15, -0.1) is 0 Å². The highest BCUT2D eigenvalue weighted by molar-refractivity contribution is 7.89. The van der Waals surface area contributed by atoms with Gasteiger partial charge in [-0.2, -0.15) is 4.31 Å². The molecule has 1 saturated heterocycles. The van der Waals surface area contributed by atoms with Crippen molar-refractivity contribution in [1.29, 1.82) is 0 Å². The molecule has 7 nitrogen and oxygen atoms in total. The van der Waals surface area contributed by atoms with E-state index in [1.54, 1.807) is 29.2 Å². The van der Waals surface area contributed by atoms with Gasteiger partial charge in [0.25, 0.3) is 5.91 Å². The zero-order valence-corrected chi connectivity index (χ0v) is 18.9. The van der Waals surface area contributed by atoms with E-state index in [1.807, 2.05) is 54.6 Å². The number of amides is 1. The van der Waals surface area contributed by atoms with Gasteiger partial charge in [0.1, 0.15) is 6.17 Å². The first-order valence-electron chi connectivity index (χ1n) is 10.9. The number of rotatable bonds is 6. The van der Waals surface area contributed by atoms with Crippen molar-refractivity contribution in [2.24, 2.45) is 0 Å². The van der Waals surface area contributed by atoms with Gasteiger partial charge in [-0.1, -0.05) is 48.5 Å². The summed E-state index contributed by atoms with van der Waals surface area (Å²) >= 11 is 0. The van der Waals surface area contributed by atoms with E-state index in [0.717, 1.165) is 16.8 Å². The molecule has 1 N–H and O–H groups in total. The number of ether oxygens (including phenoxy) is 1. The van der Waals surface area contributed by atoms with E-state index in [4.69, 9.17) is 4.74 Å². The summed E-state index contributed by atoms with van der Waals surface area (Å²) in [7, 11) is -3.55. The molecule has 0 bridgehead atoms. The van der Waals surface area contributed by atoms with Crippen molar-refractivity contribution in [3.8, 4) is 0 Å². The first kappa shape index (κ1) is 21.6. The third-order valence-electron chi connectivity index (χ3n) is 6.02. The van der Waals surface area contributed by atoms with Crippen molar-refractivity contribution < 1.29 is 17.9 Å². The number of hydrogen-bond acceptors (Lipinski definition) is 5.